The summed E-state index contributed by atoms with van der Waals surface area (Å²) in [6.45, 7) is 9.38. The van der Waals surface area contributed by atoms with Gasteiger partial charge in [-0.1, -0.05) is 274 Å². The Hall–Kier alpha value is -10.9. The molecule has 436 valence electrons. The first-order chi connectivity index (χ1) is 44.6. The lowest BCUT2D eigenvalue weighted by Gasteiger charge is -2.21. The number of nitrogens with zero attached hydrogens (tertiary/aromatic N) is 9. The summed E-state index contributed by atoms with van der Waals surface area (Å²) in [6, 6.07) is 91.8. The topological polar surface area (TPSA) is 92.1 Å². The van der Waals surface area contributed by atoms with Gasteiger partial charge < -0.3 is 13.7 Å². The first-order valence-electron chi connectivity index (χ1n) is 30.8. The van der Waals surface area contributed by atoms with Crippen LogP contribution in [0.4, 0.5) is 0 Å². The number of halogens is 1. The van der Waals surface area contributed by atoms with Gasteiger partial charge in [0.15, 0.2) is 34.9 Å². The van der Waals surface area contributed by atoms with Crippen molar-refractivity contribution in [2.45, 2.75) is 44.9 Å². The molecule has 10 heteroatoms. The summed E-state index contributed by atoms with van der Waals surface area (Å²) < 4.78 is 8.21. The van der Waals surface area contributed by atoms with E-state index >= 15 is 0 Å². The lowest BCUT2D eigenvalue weighted by atomic mass is 9.81. The summed E-state index contributed by atoms with van der Waals surface area (Å²) in [5, 5.41) is 2.46. The number of rotatable bonds is 7. The van der Waals surface area contributed by atoms with Crippen LogP contribution in [-0.4, -0.2) is 43.6 Å². The van der Waals surface area contributed by atoms with Gasteiger partial charge in [0.05, 0.1) is 22.4 Å². The molecule has 3 aliphatic rings. The first kappa shape index (κ1) is 55.4. The molecule has 0 bridgehead atoms. The fourth-order valence-corrected chi connectivity index (χ4v) is 14.4. The Morgan fingerprint density at radius 2 is 0.725 bits per heavy atom. The highest BCUT2D eigenvalue weighted by Gasteiger charge is 2.42. The molecule has 0 spiro atoms. The molecule has 9 nitrogen and oxygen atoms in total. The van der Waals surface area contributed by atoms with Crippen LogP contribution in [0.25, 0.3) is 118 Å². The van der Waals surface area contributed by atoms with Crippen molar-refractivity contribution in [1.29, 1.82) is 0 Å². The Bertz CT molecular complexity index is 5160. The smallest absolute Gasteiger partial charge is 0.166 e. The van der Waals surface area contributed by atoms with E-state index in [1.165, 1.54) is 72.4 Å². The van der Waals surface area contributed by atoms with Gasteiger partial charge in [-0.2, -0.15) is 0 Å². The molecule has 18 rings (SSSR count). The number of hydrogen-bond donors (Lipinski definition) is 0. The van der Waals surface area contributed by atoms with Gasteiger partial charge in [-0.05, 0) is 64.2 Å². The van der Waals surface area contributed by atoms with Crippen molar-refractivity contribution < 1.29 is 0 Å². The predicted octanol–water partition coefficient (Wildman–Crippen LogP) is 19.7. The molecule has 7 heterocycles. The van der Waals surface area contributed by atoms with Gasteiger partial charge >= 0.3 is 0 Å². The average Bonchev–Trinajstić information content (AvgIpc) is 1.54. The third kappa shape index (κ3) is 9.44. The quantitative estimate of drug-likeness (QED) is 0.158. The van der Waals surface area contributed by atoms with E-state index < -0.39 is 0 Å². The van der Waals surface area contributed by atoms with Gasteiger partial charge in [0, 0.05) is 101 Å². The Morgan fingerprint density at radius 1 is 0.330 bits per heavy atom. The molecule has 1 aliphatic carbocycles. The summed E-state index contributed by atoms with van der Waals surface area (Å²) in [7, 11) is 0. The third-order valence-corrected chi connectivity index (χ3v) is 18.9. The standard InChI is InChI=1S/C40H29N5.C21H14BrN3.C20H17N/c1-40(2)31-21-11-14-24-34(31)44-25-30-28-19-9-12-22-32(28)45(35(30)36(40)44)33-23-13-10-20-29(33)39-42-37(26-15-5-3-6-16-26)41-38(43-39)27-17-7-4-8-18-27;22-18-14-8-7-13-17(18)21-24-19(15-9-3-1-4-10-15)23-20(25-21)16-11-5-2-6-12-16;1-20(2)17-9-5-6-10-18(17)21-12-16-14-8-4-3-7-13(14)11-15(16)19(20)21/h3-25H,1-2H3;1-14H;3-10,12H,11H2,1-2H3. The van der Waals surface area contributed by atoms with Crippen molar-refractivity contribution in [3.8, 4) is 96.5 Å². The molecule has 15 aromatic rings. The Balaban J connectivity index is 0.000000121. The van der Waals surface area contributed by atoms with Crippen LogP contribution in [0.1, 0.15) is 61.3 Å². The molecule has 2 aliphatic heterocycles. The van der Waals surface area contributed by atoms with Crippen LogP contribution in [0.15, 0.2) is 284 Å². The Labute approximate surface area is 536 Å². The zero-order chi connectivity index (χ0) is 61.4. The molecule has 0 saturated carbocycles. The highest BCUT2D eigenvalue weighted by Crippen LogP contribution is 2.52. The minimum absolute atomic E-state index is 0.0895. The molecule has 0 unspecified atom stereocenters. The zero-order valence-corrected chi connectivity index (χ0v) is 52.3. The maximum atomic E-state index is 5.11. The maximum absolute atomic E-state index is 5.11. The van der Waals surface area contributed by atoms with Crippen LogP contribution < -0.4 is 0 Å². The molecular formula is C81H60BrN9. The predicted molar refractivity (Wildman–Crippen MR) is 372 cm³/mol. The molecule has 0 atom stereocenters. The fraction of sp³-hybridized carbons (Fsp3) is 0.0864. The van der Waals surface area contributed by atoms with Crippen molar-refractivity contribution in [2.75, 3.05) is 0 Å². The molecule has 5 aromatic heterocycles. The number of aromatic nitrogens is 9. The average molecular weight is 1240 g/mol. The first-order valence-corrected chi connectivity index (χ1v) is 31.6. The SMILES string of the molecule is Brc1ccccc1-c1nc(-c2ccccc2)nc(-c2ccccc2)n1.CC1(C)c2ccccc2-n2cc3c(c21)Cc1ccccc1-3.CC1(C)c2ccccc2-n2cc3c4ccccc4n(-c4ccccc4-c4nc(-c5ccccc5)nc(-c5ccccc5)n4)c3c21. The second kappa shape index (κ2) is 22.3. The van der Waals surface area contributed by atoms with Gasteiger partial charge in [-0.15, -0.1) is 0 Å². The highest BCUT2D eigenvalue weighted by atomic mass is 79.9. The van der Waals surface area contributed by atoms with Gasteiger partial charge in [-0.25, -0.2) is 29.9 Å². The zero-order valence-electron chi connectivity index (χ0n) is 50.7. The van der Waals surface area contributed by atoms with E-state index in [4.69, 9.17) is 29.9 Å². The number of hydrogen-bond acceptors (Lipinski definition) is 6. The van der Waals surface area contributed by atoms with E-state index in [9.17, 15) is 0 Å². The third-order valence-electron chi connectivity index (χ3n) is 18.2. The maximum Gasteiger partial charge on any atom is 0.166 e. The van der Waals surface area contributed by atoms with Crippen LogP contribution in [-0.2, 0) is 17.3 Å². The van der Waals surface area contributed by atoms with Crippen molar-refractivity contribution in [3.63, 3.8) is 0 Å². The summed E-state index contributed by atoms with van der Waals surface area (Å²) in [5.41, 5.74) is 23.0. The minimum Gasteiger partial charge on any atom is -0.319 e. The minimum atomic E-state index is -0.187. The van der Waals surface area contributed by atoms with Gasteiger partial charge in [-0.3, -0.25) is 0 Å². The summed E-state index contributed by atoms with van der Waals surface area (Å²) in [4.78, 5) is 29.3. The highest BCUT2D eigenvalue weighted by molar-refractivity contribution is 9.10. The van der Waals surface area contributed by atoms with E-state index in [0.717, 1.165) is 55.5 Å². The van der Waals surface area contributed by atoms with E-state index in [1.54, 1.807) is 0 Å². The lowest BCUT2D eigenvalue weighted by molar-refractivity contribution is 0.636. The van der Waals surface area contributed by atoms with Crippen LogP contribution in [0.5, 0.6) is 0 Å². The van der Waals surface area contributed by atoms with Gasteiger partial charge in [0.1, 0.15) is 0 Å². The molecule has 91 heavy (non-hydrogen) atoms. The number of benzene rings is 10. The molecule has 0 saturated heterocycles. The molecule has 0 N–H and O–H groups in total. The van der Waals surface area contributed by atoms with Crippen molar-refractivity contribution in [3.05, 3.63) is 317 Å². The van der Waals surface area contributed by atoms with Crippen molar-refractivity contribution in [1.82, 2.24) is 43.6 Å². The molecule has 0 radical (unpaired) electrons. The van der Waals surface area contributed by atoms with Gasteiger partial charge in [0.2, 0.25) is 0 Å². The number of fused-ring (bicyclic) bond motifs is 14. The van der Waals surface area contributed by atoms with Gasteiger partial charge in [0.25, 0.3) is 0 Å². The van der Waals surface area contributed by atoms with E-state index in [-0.39, 0.29) is 10.8 Å². The Kier molecular flexibility index (Phi) is 13.6. The number of para-hydroxylation sites is 4. The molecule has 0 fully saturated rings. The van der Waals surface area contributed by atoms with E-state index in [1.807, 2.05) is 146 Å². The summed E-state index contributed by atoms with van der Waals surface area (Å²) in [5.74, 6) is 3.93. The van der Waals surface area contributed by atoms with E-state index in [0.29, 0.717) is 34.9 Å². The molecule has 0 amide bonds. The monoisotopic (exact) mass is 1240 g/mol. The van der Waals surface area contributed by atoms with Crippen LogP contribution in [0, 0.1) is 0 Å². The normalized spacial score (nSPS) is 13.2. The van der Waals surface area contributed by atoms with Crippen molar-refractivity contribution in [2.24, 2.45) is 0 Å². The van der Waals surface area contributed by atoms with E-state index in [2.05, 4.69) is 191 Å². The molecular weight excluding hydrogens is 1180 g/mol. The van der Waals surface area contributed by atoms with Crippen LogP contribution >= 0.6 is 15.9 Å². The lowest BCUT2D eigenvalue weighted by Crippen LogP contribution is -2.17. The Morgan fingerprint density at radius 3 is 1.26 bits per heavy atom. The largest absolute Gasteiger partial charge is 0.319 e. The van der Waals surface area contributed by atoms with Crippen molar-refractivity contribution >= 4 is 37.7 Å². The summed E-state index contributed by atoms with van der Waals surface area (Å²) >= 11 is 3.59. The van der Waals surface area contributed by atoms with Crippen LogP contribution in [0.2, 0.25) is 0 Å². The molecule has 10 aromatic carbocycles. The second-order valence-electron chi connectivity index (χ2n) is 24.4. The fourth-order valence-electron chi connectivity index (χ4n) is 14.0. The summed E-state index contributed by atoms with van der Waals surface area (Å²) in [6.07, 6.45) is 5.75. The second-order valence-corrected chi connectivity index (χ2v) is 25.2. The van der Waals surface area contributed by atoms with Crippen LogP contribution in [0.3, 0.4) is 0 Å².